The van der Waals surface area contributed by atoms with Crippen molar-refractivity contribution in [2.45, 2.75) is 0 Å². The van der Waals surface area contributed by atoms with E-state index in [0.717, 1.165) is 5.01 Å². The lowest BCUT2D eigenvalue weighted by Gasteiger charge is -2.16. The first-order chi connectivity index (χ1) is 8.09. The van der Waals surface area contributed by atoms with E-state index in [1.807, 2.05) is 0 Å². The van der Waals surface area contributed by atoms with Gasteiger partial charge in [-0.3, -0.25) is 15.0 Å². The zero-order valence-electron chi connectivity index (χ0n) is 8.47. The molecule has 1 saturated heterocycles. The highest BCUT2D eigenvalue weighted by Crippen LogP contribution is 2.19. The van der Waals surface area contributed by atoms with Gasteiger partial charge in [0, 0.05) is 0 Å². The van der Waals surface area contributed by atoms with E-state index in [4.69, 9.17) is 23.8 Å². The Bertz CT molecular complexity index is 491. The zero-order valence-corrected chi connectivity index (χ0v) is 10.9. The second-order valence-corrected chi connectivity index (χ2v) is 5.22. The number of amides is 2. The van der Waals surface area contributed by atoms with Gasteiger partial charge in [0.05, 0.1) is 16.3 Å². The van der Waals surface area contributed by atoms with Gasteiger partial charge in [0.1, 0.15) is 0 Å². The molecule has 0 unspecified atom stereocenters. The number of hydrazine groups is 1. The minimum Gasteiger partial charge on any atom is -0.272 e. The fourth-order valence-corrected chi connectivity index (χ4v) is 2.47. The van der Waals surface area contributed by atoms with E-state index in [1.165, 1.54) is 11.8 Å². The lowest BCUT2D eigenvalue weighted by atomic mass is 10.2. The quantitative estimate of drug-likeness (QED) is 0.843. The largest absolute Gasteiger partial charge is 0.272 e. The maximum atomic E-state index is 11.9. The molecule has 0 atom stereocenters. The Morgan fingerprint density at radius 2 is 2.18 bits per heavy atom. The Morgan fingerprint density at radius 3 is 2.76 bits per heavy atom. The molecule has 1 aromatic rings. The van der Waals surface area contributed by atoms with Crippen molar-refractivity contribution in [1.82, 2.24) is 10.4 Å². The molecule has 1 fully saturated rings. The monoisotopic (exact) mass is 286 g/mol. The van der Waals surface area contributed by atoms with E-state index in [0.29, 0.717) is 14.9 Å². The molecule has 0 aliphatic carbocycles. The van der Waals surface area contributed by atoms with Crippen LogP contribution in [0.25, 0.3) is 0 Å². The summed E-state index contributed by atoms with van der Waals surface area (Å²) in [5, 5.41) is 1.40. The minimum atomic E-state index is -0.450. The first-order valence-electron chi connectivity index (χ1n) is 4.65. The van der Waals surface area contributed by atoms with Gasteiger partial charge in [-0.1, -0.05) is 47.7 Å². The fourth-order valence-electron chi connectivity index (χ4n) is 1.27. The van der Waals surface area contributed by atoms with Crippen LogP contribution >= 0.6 is 35.6 Å². The van der Waals surface area contributed by atoms with Crippen molar-refractivity contribution in [3.05, 3.63) is 34.9 Å². The van der Waals surface area contributed by atoms with Crippen LogP contribution in [0.3, 0.4) is 0 Å². The minimum absolute atomic E-state index is 0.236. The molecular formula is C10H7ClN2O2S2. The Labute approximate surface area is 112 Å². The third-order valence-corrected chi connectivity index (χ3v) is 3.77. The number of thioether (sulfide) groups is 1. The van der Waals surface area contributed by atoms with Crippen molar-refractivity contribution >= 4 is 51.7 Å². The molecule has 2 rings (SSSR count). The number of carbonyl (C=O) groups is 2. The number of carbonyl (C=O) groups excluding carboxylic acids is 2. The van der Waals surface area contributed by atoms with E-state index >= 15 is 0 Å². The number of rotatable bonds is 2. The Balaban J connectivity index is 2.15. The van der Waals surface area contributed by atoms with E-state index in [9.17, 15) is 9.59 Å². The third kappa shape index (κ3) is 2.59. The SMILES string of the molecule is O=C(NN1C(=O)CSC1=S)c1ccccc1Cl. The lowest BCUT2D eigenvalue weighted by Crippen LogP contribution is -2.45. The standard InChI is InChI=1S/C10H7ClN2O2S2/c11-7-4-2-1-3-6(7)9(15)12-13-8(14)5-17-10(13)16/h1-4H,5H2,(H,12,15). The first kappa shape index (κ1) is 12.3. The van der Waals surface area contributed by atoms with Crippen LogP contribution in [-0.2, 0) is 4.79 Å². The molecule has 1 aromatic carbocycles. The van der Waals surface area contributed by atoms with Crippen LogP contribution < -0.4 is 5.43 Å². The zero-order chi connectivity index (χ0) is 12.4. The summed E-state index contributed by atoms with van der Waals surface area (Å²) in [6.45, 7) is 0. The second kappa shape index (κ2) is 5.03. The van der Waals surface area contributed by atoms with Crippen LogP contribution in [0.5, 0.6) is 0 Å². The van der Waals surface area contributed by atoms with Gasteiger partial charge in [0.25, 0.3) is 11.8 Å². The van der Waals surface area contributed by atoms with Crippen LogP contribution in [0.15, 0.2) is 24.3 Å². The number of nitrogens with one attached hydrogen (secondary N) is 1. The molecule has 0 spiro atoms. The molecule has 1 heterocycles. The van der Waals surface area contributed by atoms with Gasteiger partial charge in [-0.15, -0.1) is 0 Å². The third-order valence-electron chi connectivity index (χ3n) is 2.08. The predicted octanol–water partition coefficient (Wildman–Crippen LogP) is 1.85. The number of hydrogen-bond donors (Lipinski definition) is 1. The molecule has 1 aliphatic heterocycles. The highest BCUT2D eigenvalue weighted by molar-refractivity contribution is 8.23. The number of nitrogens with zero attached hydrogens (tertiary/aromatic N) is 1. The molecule has 0 bridgehead atoms. The molecule has 1 N–H and O–H groups in total. The fraction of sp³-hybridized carbons (Fsp3) is 0.100. The molecule has 7 heteroatoms. The van der Waals surface area contributed by atoms with Crippen molar-refractivity contribution in [3.8, 4) is 0 Å². The molecule has 4 nitrogen and oxygen atoms in total. The molecule has 17 heavy (non-hydrogen) atoms. The maximum Gasteiger partial charge on any atom is 0.271 e. The summed E-state index contributed by atoms with van der Waals surface area (Å²) in [6.07, 6.45) is 0. The van der Waals surface area contributed by atoms with Crippen LogP contribution in [-0.4, -0.2) is 26.9 Å². The van der Waals surface area contributed by atoms with Crippen molar-refractivity contribution in [2.75, 3.05) is 5.75 Å². The van der Waals surface area contributed by atoms with Crippen LogP contribution in [0.1, 0.15) is 10.4 Å². The molecule has 0 saturated carbocycles. The van der Waals surface area contributed by atoms with Crippen molar-refractivity contribution in [1.29, 1.82) is 0 Å². The van der Waals surface area contributed by atoms with Crippen molar-refractivity contribution in [3.63, 3.8) is 0 Å². The van der Waals surface area contributed by atoms with Gasteiger partial charge in [-0.2, -0.15) is 0 Å². The highest BCUT2D eigenvalue weighted by Gasteiger charge is 2.28. The van der Waals surface area contributed by atoms with Gasteiger partial charge >= 0.3 is 0 Å². The number of benzene rings is 1. The topological polar surface area (TPSA) is 49.4 Å². The van der Waals surface area contributed by atoms with E-state index in [-0.39, 0.29) is 11.7 Å². The van der Waals surface area contributed by atoms with E-state index in [1.54, 1.807) is 24.3 Å². The summed E-state index contributed by atoms with van der Waals surface area (Å²) in [5.74, 6) is -0.434. The van der Waals surface area contributed by atoms with E-state index in [2.05, 4.69) is 5.43 Å². The van der Waals surface area contributed by atoms with Gasteiger partial charge in [0.15, 0.2) is 4.32 Å². The van der Waals surface area contributed by atoms with Gasteiger partial charge < -0.3 is 0 Å². The van der Waals surface area contributed by atoms with Crippen molar-refractivity contribution in [2.24, 2.45) is 0 Å². The Hall–Kier alpha value is -1.11. The summed E-state index contributed by atoms with van der Waals surface area (Å²) < 4.78 is 0.343. The van der Waals surface area contributed by atoms with E-state index < -0.39 is 5.91 Å². The highest BCUT2D eigenvalue weighted by atomic mass is 35.5. The molecule has 1 aliphatic rings. The number of halogens is 1. The number of hydrogen-bond acceptors (Lipinski definition) is 4. The summed E-state index contributed by atoms with van der Waals surface area (Å²) in [6, 6.07) is 6.60. The summed E-state index contributed by atoms with van der Waals surface area (Å²) >= 11 is 12.0. The van der Waals surface area contributed by atoms with Crippen LogP contribution in [0, 0.1) is 0 Å². The molecule has 0 aromatic heterocycles. The smallest absolute Gasteiger partial charge is 0.271 e. The first-order valence-corrected chi connectivity index (χ1v) is 6.42. The van der Waals surface area contributed by atoms with Gasteiger partial charge in [-0.25, -0.2) is 5.01 Å². The summed E-state index contributed by atoms with van der Waals surface area (Å²) in [4.78, 5) is 23.3. The Morgan fingerprint density at radius 1 is 1.47 bits per heavy atom. The number of thiocarbonyl (C=S) groups is 1. The average Bonchev–Trinajstić information content (AvgIpc) is 2.61. The van der Waals surface area contributed by atoms with Crippen molar-refractivity contribution < 1.29 is 9.59 Å². The average molecular weight is 287 g/mol. The molecule has 0 radical (unpaired) electrons. The second-order valence-electron chi connectivity index (χ2n) is 3.20. The van der Waals surface area contributed by atoms with Gasteiger partial charge in [0.2, 0.25) is 0 Å². The van der Waals surface area contributed by atoms with Gasteiger partial charge in [-0.05, 0) is 12.1 Å². The molecule has 2 amide bonds. The predicted molar refractivity (Wildman–Crippen MR) is 70.8 cm³/mol. The lowest BCUT2D eigenvalue weighted by molar-refractivity contribution is -0.125. The maximum absolute atomic E-state index is 11.9. The van der Waals surface area contributed by atoms with Crippen LogP contribution in [0.2, 0.25) is 5.02 Å². The Kier molecular flexibility index (Phi) is 3.66. The summed E-state index contributed by atoms with van der Waals surface area (Å²) in [7, 11) is 0. The summed E-state index contributed by atoms with van der Waals surface area (Å²) in [5.41, 5.74) is 2.74. The van der Waals surface area contributed by atoms with Crippen LogP contribution in [0.4, 0.5) is 0 Å². The normalized spacial score (nSPS) is 15.2. The molecular weight excluding hydrogens is 280 g/mol. The molecule has 88 valence electrons.